The fourth-order valence-corrected chi connectivity index (χ4v) is 2.73. The fourth-order valence-electron chi connectivity index (χ4n) is 2.73. The molecule has 0 spiro atoms. The lowest BCUT2D eigenvalue weighted by atomic mass is 9.90. The van der Waals surface area contributed by atoms with Crippen LogP contribution in [0.25, 0.3) is 0 Å². The Morgan fingerprint density at radius 3 is 2.17 bits per heavy atom. The molecule has 0 saturated heterocycles. The number of hydrogen-bond donors (Lipinski definition) is 1. The summed E-state index contributed by atoms with van der Waals surface area (Å²) in [6, 6.07) is 19.7. The first-order valence-corrected chi connectivity index (χ1v) is 7.79. The van der Waals surface area contributed by atoms with Gasteiger partial charge in [-0.25, -0.2) is 0 Å². The number of nitrogens with one attached hydrogen (secondary N) is 1. The molecule has 1 amide bonds. The Labute approximate surface area is 138 Å². The zero-order chi connectivity index (χ0) is 16.7. The van der Waals surface area contributed by atoms with Gasteiger partial charge in [-0.2, -0.15) is 0 Å². The van der Waals surface area contributed by atoms with Crippen molar-refractivity contribution in [2.45, 2.75) is 18.5 Å². The molecule has 0 aliphatic carbocycles. The maximum atomic E-state index is 12.7. The van der Waals surface area contributed by atoms with Gasteiger partial charge >= 0.3 is 0 Å². The van der Waals surface area contributed by atoms with Gasteiger partial charge in [-0.05, 0) is 25.2 Å². The van der Waals surface area contributed by atoms with Crippen molar-refractivity contribution in [3.63, 3.8) is 0 Å². The number of carbonyl (C=O) groups is 1. The molecule has 0 saturated carbocycles. The Hall–Kier alpha value is -2.39. The number of likely N-dealkylation sites (N-methyl/N-ethyl adjacent to an activating group) is 1. The van der Waals surface area contributed by atoms with Crippen LogP contribution in [0.5, 0.6) is 0 Å². The fraction of sp³-hybridized carbons (Fsp3) is 0.250. The minimum absolute atomic E-state index is 0.00704. The molecule has 1 N–H and O–H groups in total. The molecule has 0 bridgehead atoms. The monoisotopic (exact) mass is 308 g/mol. The van der Waals surface area contributed by atoms with Crippen molar-refractivity contribution >= 4 is 5.91 Å². The van der Waals surface area contributed by atoms with Gasteiger partial charge in [0.15, 0.2) is 0 Å². The van der Waals surface area contributed by atoms with Crippen molar-refractivity contribution < 1.29 is 4.79 Å². The number of carbonyl (C=O) groups excluding carboxylic acids is 1. The van der Waals surface area contributed by atoms with E-state index in [0.717, 1.165) is 11.1 Å². The molecule has 0 aromatic heterocycles. The zero-order valence-electron chi connectivity index (χ0n) is 13.8. The third-order valence-corrected chi connectivity index (χ3v) is 3.91. The maximum absolute atomic E-state index is 12.7. The Morgan fingerprint density at radius 2 is 1.65 bits per heavy atom. The van der Waals surface area contributed by atoms with Gasteiger partial charge in [-0.15, -0.1) is 6.58 Å². The van der Waals surface area contributed by atoms with E-state index < -0.39 is 0 Å². The summed E-state index contributed by atoms with van der Waals surface area (Å²) < 4.78 is 0. The molecule has 120 valence electrons. The minimum Gasteiger partial charge on any atom is -0.351 e. The second-order valence-corrected chi connectivity index (χ2v) is 5.78. The molecule has 0 aliphatic rings. The average Bonchev–Trinajstić information content (AvgIpc) is 2.58. The van der Waals surface area contributed by atoms with Crippen molar-refractivity contribution in [1.82, 2.24) is 10.2 Å². The van der Waals surface area contributed by atoms with Gasteiger partial charge < -0.3 is 5.32 Å². The van der Waals surface area contributed by atoms with E-state index in [2.05, 4.69) is 11.9 Å². The Morgan fingerprint density at radius 1 is 1.09 bits per heavy atom. The molecule has 0 fully saturated rings. The van der Waals surface area contributed by atoms with Crippen LogP contribution in [-0.4, -0.2) is 30.9 Å². The molecule has 2 aromatic rings. The summed E-state index contributed by atoms with van der Waals surface area (Å²) in [5.41, 5.74) is 2.18. The average molecular weight is 308 g/mol. The SMILES string of the molecule is C=C[C@@H](c1ccccc1)C(C(=O)NCc1ccccc1)N(C)C. The smallest absolute Gasteiger partial charge is 0.238 e. The van der Waals surface area contributed by atoms with Crippen LogP contribution < -0.4 is 5.32 Å². The molecular formula is C20H24N2O. The maximum Gasteiger partial charge on any atom is 0.238 e. The largest absolute Gasteiger partial charge is 0.351 e. The van der Waals surface area contributed by atoms with Crippen molar-refractivity contribution in [3.8, 4) is 0 Å². The number of nitrogens with zero attached hydrogens (tertiary/aromatic N) is 1. The third kappa shape index (κ3) is 4.54. The molecule has 0 radical (unpaired) electrons. The van der Waals surface area contributed by atoms with Crippen LogP contribution in [0.1, 0.15) is 17.0 Å². The predicted octanol–water partition coefficient (Wildman–Crippen LogP) is 3.20. The van der Waals surface area contributed by atoms with Gasteiger partial charge in [-0.1, -0.05) is 66.7 Å². The van der Waals surface area contributed by atoms with Gasteiger partial charge in [0.05, 0.1) is 6.04 Å². The van der Waals surface area contributed by atoms with Crippen molar-refractivity contribution in [1.29, 1.82) is 0 Å². The first-order chi connectivity index (χ1) is 11.1. The highest BCUT2D eigenvalue weighted by atomic mass is 16.2. The zero-order valence-corrected chi connectivity index (χ0v) is 13.8. The molecule has 3 heteroatoms. The second kappa shape index (κ2) is 8.30. The highest BCUT2D eigenvalue weighted by Gasteiger charge is 2.29. The van der Waals surface area contributed by atoms with Gasteiger partial charge in [0.25, 0.3) is 0 Å². The van der Waals surface area contributed by atoms with Crippen LogP contribution in [0.3, 0.4) is 0 Å². The standard InChI is InChI=1S/C20H24N2O/c1-4-18(17-13-9-6-10-14-17)19(22(2)3)20(23)21-15-16-11-7-5-8-12-16/h4-14,18-19H,1,15H2,2-3H3,(H,21,23)/t18-,19?/m0/s1. The van der Waals surface area contributed by atoms with E-state index in [1.54, 1.807) is 0 Å². The quantitative estimate of drug-likeness (QED) is 0.797. The summed E-state index contributed by atoms with van der Waals surface area (Å²) in [7, 11) is 3.85. The van der Waals surface area contributed by atoms with Crippen LogP contribution >= 0.6 is 0 Å². The topological polar surface area (TPSA) is 32.3 Å². The summed E-state index contributed by atoms with van der Waals surface area (Å²) in [6.45, 7) is 4.47. The summed E-state index contributed by atoms with van der Waals surface area (Å²) in [5.74, 6) is -0.0467. The van der Waals surface area contributed by atoms with Crippen molar-refractivity contribution in [2.24, 2.45) is 0 Å². The third-order valence-electron chi connectivity index (χ3n) is 3.91. The van der Waals surface area contributed by atoms with E-state index in [9.17, 15) is 4.79 Å². The number of hydrogen-bond acceptors (Lipinski definition) is 2. The van der Waals surface area contributed by atoms with Crippen LogP contribution in [-0.2, 0) is 11.3 Å². The Bertz CT molecular complexity index is 623. The van der Waals surface area contributed by atoms with E-state index in [-0.39, 0.29) is 17.9 Å². The van der Waals surface area contributed by atoms with Crippen molar-refractivity contribution in [3.05, 3.63) is 84.4 Å². The van der Waals surface area contributed by atoms with Gasteiger partial charge in [0, 0.05) is 12.5 Å². The molecule has 23 heavy (non-hydrogen) atoms. The molecule has 3 nitrogen and oxygen atoms in total. The predicted molar refractivity (Wildman–Crippen MR) is 95.1 cm³/mol. The van der Waals surface area contributed by atoms with Crippen molar-refractivity contribution in [2.75, 3.05) is 14.1 Å². The molecule has 2 atom stereocenters. The number of rotatable bonds is 7. The lowest BCUT2D eigenvalue weighted by Gasteiger charge is -2.29. The highest BCUT2D eigenvalue weighted by molar-refractivity contribution is 5.83. The lowest BCUT2D eigenvalue weighted by molar-refractivity contribution is -0.126. The molecule has 2 aromatic carbocycles. The summed E-state index contributed by atoms with van der Waals surface area (Å²) in [5, 5.41) is 3.04. The van der Waals surface area contributed by atoms with E-state index in [4.69, 9.17) is 0 Å². The number of benzene rings is 2. The molecular weight excluding hydrogens is 284 g/mol. The Kier molecular flexibility index (Phi) is 6.12. The first-order valence-electron chi connectivity index (χ1n) is 7.79. The van der Waals surface area contributed by atoms with Crippen LogP contribution in [0, 0.1) is 0 Å². The second-order valence-electron chi connectivity index (χ2n) is 5.78. The van der Waals surface area contributed by atoms with E-state index in [1.165, 1.54) is 0 Å². The number of amides is 1. The summed E-state index contributed by atoms with van der Waals surface area (Å²) in [6.07, 6.45) is 1.85. The summed E-state index contributed by atoms with van der Waals surface area (Å²) >= 11 is 0. The van der Waals surface area contributed by atoms with E-state index >= 15 is 0 Å². The van der Waals surface area contributed by atoms with Gasteiger partial charge in [0.1, 0.15) is 0 Å². The van der Waals surface area contributed by atoms with E-state index in [0.29, 0.717) is 6.54 Å². The minimum atomic E-state index is -0.293. The van der Waals surface area contributed by atoms with E-state index in [1.807, 2.05) is 85.7 Å². The lowest BCUT2D eigenvalue weighted by Crippen LogP contribution is -2.46. The summed E-state index contributed by atoms with van der Waals surface area (Å²) in [4.78, 5) is 14.7. The van der Waals surface area contributed by atoms with Gasteiger partial charge in [0.2, 0.25) is 5.91 Å². The van der Waals surface area contributed by atoms with Gasteiger partial charge in [-0.3, -0.25) is 9.69 Å². The molecule has 0 aliphatic heterocycles. The molecule has 0 heterocycles. The van der Waals surface area contributed by atoms with Crippen LogP contribution in [0.2, 0.25) is 0 Å². The normalized spacial score (nSPS) is 13.3. The van der Waals surface area contributed by atoms with Crippen LogP contribution in [0.4, 0.5) is 0 Å². The highest BCUT2D eigenvalue weighted by Crippen LogP contribution is 2.24. The van der Waals surface area contributed by atoms with Crippen LogP contribution in [0.15, 0.2) is 73.3 Å². The molecule has 1 unspecified atom stereocenters. The Balaban J connectivity index is 2.13. The molecule has 2 rings (SSSR count). The first kappa shape index (κ1) is 17.0.